The number of ether oxygens (including phenoxy) is 3. The lowest BCUT2D eigenvalue weighted by molar-refractivity contribution is -0.143. The minimum Gasteiger partial charge on any atom is -0.488 e. The summed E-state index contributed by atoms with van der Waals surface area (Å²) in [7, 11) is 3.17. The zero-order valence-corrected chi connectivity index (χ0v) is 13.7. The van der Waals surface area contributed by atoms with Crippen LogP contribution in [0.1, 0.15) is 25.8 Å². The van der Waals surface area contributed by atoms with Crippen molar-refractivity contribution in [1.82, 2.24) is 4.98 Å². The Morgan fingerprint density at radius 3 is 2.59 bits per heavy atom. The highest BCUT2D eigenvalue weighted by atomic mass is 16.5. The van der Waals surface area contributed by atoms with Gasteiger partial charge in [-0.15, -0.1) is 0 Å². The van der Waals surface area contributed by atoms with Crippen molar-refractivity contribution in [1.29, 1.82) is 0 Å². The van der Waals surface area contributed by atoms with Crippen molar-refractivity contribution in [3.8, 4) is 11.6 Å². The van der Waals surface area contributed by atoms with Gasteiger partial charge in [0.05, 0.1) is 19.6 Å². The number of aliphatic carboxylic acids is 1. The van der Waals surface area contributed by atoms with Gasteiger partial charge in [-0.2, -0.15) is 0 Å². The van der Waals surface area contributed by atoms with Crippen LogP contribution in [0.15, 0.2) is 12.3 Å². The van der Waals surface area contributed by atoms with Crippen LogP contribution in [0.3, 0.4) is 0 Å². The van der Waals surface area contributed by atoms with E-state index in [4.69, 9.17) is 14.2 Å². The van der Waals surface area contributed by atoms with Gasteiger partial charge in [0, 0.05) is 26.3 Å². The van der Waals surface area contributed by atoms with Gasteiger partial charge >= 0.3 is 5.97 Å². The van der Waals surface area contributed by atoms with E-state index in [1.807, 2.05) is 13.8 Å². The third-order valence-electron chi connectivity index (χ3n) is 3.40. The molecule has 1 atom stereocenters. The quantitative estimate of drug-likeness (QED) is 0.669. The summed E-state index contributed by atoms with van der Waals surface area (Å²) in [6.45, 7) is 4.90. The molecule has 0 amide bonds. The lowest BCUT2D eigenvalue weighted by Crippen LogP contribution is -2.22. The molecule has 124 valence electrons. The highest BCUT2D eigenvalue weighted by molar-refractivity contribution is 5.70. The molecule has 0 aliphatic heterocycles. The van der Waals surface area contributed by atoms with Gasteiger partial charge in [-0.1, -0.05) is 13.8 Å². The Morgan fingerprint density at radius 1 is 1.32 bits per heavy atom. The van der Waals surface area contributed by atoms with Gasteiger partial charge in [0.2, 0.25) is 0 Å². The van der Waals surface area contributed by atoms with Crippen molar-refractivity contribution in [3.05, 3.63) is 17.8 Å². The topological polar surface area (TPSA) is 77.9 Å². The number of pyridine rings is 1. The lowest BCUT2D eigenvalue weighted by atomic mass is 9.90. The van der Waals surface area contributed by atoms with Crippen molar-refractivity contribution in [2.24, 2.45) is 11.8 Å². The van der Waals surface area contributed by atoms with Gasteiger partial charge in [0.25, 0.3) is 5.88 Å². The SMILES string of the molecule is COCCCOc1cc(CC(C(=O)O)C(C)C)cnc1OC. The van der Waals surface area contributed by atoms with Crippen molar-refractivity contribution >= 4 is 5.97 Å². The Bertz CT molecular complexity index is 476. The van der Waals surface area contributed by atoms with E-state index in [-0.39, 0.29) is 5.92 Å². The summed E-state index contributed by atoms with van der Waals surface area (Å²) < 4.78 is 15.8. The largest absolute Gasteiger partial charge is 0.488 e. The van der Waals surface area contributed by atoms with Gasteiger partial charge in [-0.25, -0.2) is 4.98 Å². The fourth-order valence-corrected chi connectivity index (χ4v) is 2.09. The smallest absolute Gasteiger partial charge is 0.307 e. The summed E-state index contributed by atoms with van der Waals surface area (Å²) in [5.74, 6) is -0.267. The molecule has 0 saturated carbocycles. The molecule has 1 N–H and O–H groups in total. The average Bonchev–Trinajstić information content (AvgIpc) is 2.48. The first-order valence-corrected chi connectivity index (χ1v) is 7.37. The number of rotatable bonds is 10. The van der Waals surface area contributed by atoms with Crippen LogP contribution in [0.25, 0.3) is 0 Å². The van der Waals surface area contributed by atoms with Crippen LogP contribution >= 0.6 is 0 Å². The zero-order valence-electron chi connectivity index (χ0n) is 13.7. The molecule has 0 aliphatic rings. The van der Waals surface area contributed by atoms with Crippen molar-refractivity contribution in [2.75, 3.05) is 27.4 Å². The molecule has 0 spiro atoms. The number of hydrogen-bond donors (Lipinski definition) is 1. The van der Waals surface area contributed by atoms with Crippen molar-refractivity contribution in [3.63, 3.8) is 0 Å². The van der Waals surface area contributed by atoms with Crippen LogP contribution in [0, 0.1) is 11.8 Å². The molecule has 0 radical (unpaired) electrons. The van der Waals surface area contributed by atoms with E-state index in [0.717, 1.165) is 12.0 Å². The highest BCUT2D eigenvalue weighted by Gasteiger charge is 2.22. The van der Waals surface area contributed by atoms with Crippen molar-refractivity contribution < 1.29 is 24.1 Å². The van der Waals surface area contributed by atoms with Crippen LogP contribution in [0.4, 0.5) is 0 Å². The summed E-state index contributed by atoms with van der Waals surface area (Å²) >= 11 is 0. The second-order valence-electron chi connectivity index (χ2n) is 5.44. The third-order valence-corrected chi connectivity index (χ3v) is 3.40. The zero-order chi connectivity index (χ0) is 16.5. The van der Waals surface area contributed by atoms with E-state index in [1.54, 1.807) is 19.4 Å². The standard InChI is InChI=1S/C16H25NO5/c1-11(2)13(16(18)19)8-12-9-14(15(21-4)17-10-12)22-7-5-6-20-3/h9-11,13H,5-8H2,1-4H3,(H,18,19). The summed E-state index contributed by atoms with van der Waals surface area (Å²) in [6, 6.07) is 1.80. The number of nitrogens with zero attached hydrogens (tertiary/aromatic N) is 1. The minimum atomic E-state index is -0.798. The molecule has 1 aromatic heterocycles. The normalized spacial score (nSPS) is 12.2. The summed E-state index contributed by atoms with van der Waals surface area (Å²) in [4.78, 5) is 15.5. The molecule has 6 heteroatoms. The molecule has 0 aromatic carbocycles. The molecule has 6 nitrogen and oxygen atoms in total. The maximum Gasteiger partial charge on any atom is 0.307 e. The highest BCUT2D eigenvalue weighted by Crippen LogP contribution is 2.27. The van der Waals surface area contributed by atoms with E-state index in [9.17, 15) is 9.90 Å². The molecule has 1 aromatic rings. The van der Waals surface area contributed by atoms with E-state index in [1.165, 1.54) is 7.11 Å². The van der Waals surface area contributed by atoms with Crippen molar-refractivity contribution in [2.45, 2.75) is 26.7 Å². The van der Waals surface area contributed by atoms with Gasteiger partial charge in [0.15, 0.2) is 5.75 Å². The first-order valence-electron chi connectivity index (χ1n) is 7.37. The molecule has 0 saturated heterocycles. The second kappa shape index (κ2) is 9.25. The fourth-order valence-electron chi connectivity index (χ4n) is 2.09. The molecule has 0 fully saturated rings. The Labute approximate surface area is 131 Å². The Kier molecular flexibility index (Phi) is 7.66. The van der Waals surface area contributed by atoms with Crippen LogP contribution in [-0.2, 0) is 16.0 Å². The van der Waals surface area contributed by atoms with E-state index < -0.39 is 11.9 Å². The molecule has 1 unspecified atom stereocenters. The van der Waals surface area contributed by atoms with Gasteiger partial charge < -0.3 is 19.3 Å². The van der Waals surface area contributed by atoms with Gasteiger partial charge in [-0.05, 0) is 24.0 Å². The first kappa shape index (κ1) is 18.2. The molecule has 1 heterocycles. The average molecular weight is 311 g/mol. The Balaban J connectivity index is 2.82. The number of methoxy groups -OCH3 is 2. The Morgan fingerprint density at radius 2 is 2.05 bits per heavy atom. The van der Waals surface area contributed by atoms with E-state index in [2.05, 4.69) is 4.98 Å². The number of hydrogen-bond acceptors (Lipinski definition) is 5. The third kappa shape index (κ3) is 5.52. The molecule has 1 rings (SSSR count). The minimum absolute atomic E-state index is 0.0469. The maximum absolute atomic E-state index is 11.3. The molecule has 0 bridgehead atoms. The number of carboxylic acids is 1. The summed E-state index contributed by atoms with van der Waals surface area (Å²) in [5, 5.41) is 9.29. The molecule has 0 aliphatic carbocycles. The molecule has 22 heavy (non-hydrogen) atoms. The molecular weight excluding hydrogens is 286 g/mol. The number of carbonyl (C=O) groups is 1. The van der Waals surface area contributed by atoms with Gasteiger partial charge in [-0.3, -0.25) is 4.79 Å². The van der Waals surface area contributed by atoms with Crippen LogP contribution in [0.5, 0.6) is 11.6 Å². The lowest BCUT2D eigenvalue weighted by Gasteiger charge is -2.17. The fraction of sp³-hybridized carbons (Fsp3) is 0.625. The monoisotopic (exact) mass is 311 g/mol. The first-order chi connectivity index (χ1) is 10.5. The van der Waals surface area contributed by atoms with E-state index >= 15 is 0 Å². The number of carboxylic acid groups (broad SMARTS) is 1. The summed E-state index contributed by atoms with van der Waals surface area (Å²) in [6.07, 6.45) is 2.81. The van der Waals surface area contributed by atoms with Crippen LogP contribution in [-0.4, -0.2) is 43.5 Å². The predicted octanol–water partition coefficient (Wildman–Crippen LogP) is 2.40. The Hall–Kier alpha value is -1.82. The van der Waals surface area contributed by atoms with Crippen LogP contribution in [0.2, 0.25) is 0 Å². The van der Waals surface area contributed by atoms with Crippen LogP contribution < -0.4 is 9.47 Å². The maximum atomic E-state index is 11.3. The van der Waals surface area contributed by atoms with E-state index in [0.29, 0.717) is 31.3 Å². The predicted molar refractivity (Wildman–Crippen MR) is 82.4 cm³/mol. The second-order valence-corrected chi connectivity index (χ2v) is 5.44. The number of aromatic nitrogens is 1. The molecular formula is C16H25NO5. The summed E-state index contributed by atoms with van der Waals surface area (Å²) in [5.41, 5.74) is 0.823. The van der Waals surface area contributed by atoms with Gasteiger partial charge in [0.1, 0.15) is 0 Å².